The zero-order chi connectivity index (χ0) is 109. The van der Waals surface area contributed by atoms with Gasteiger partial charge in [-0.05, 0) is 127 Å². The number of phosphoric acid groups is 1. The van der Waals surface area contributed by atoms with Crippen molar-refractivity contribution in [2.75, 3.05) is 126 Å². The molecule has 846 valence electrons. The fourth-order valence-corrected chi connectivity index (χ4v) is 16.7. The maximum Gasteiger partial charge on any atom is 0.267 e. The molecule has 0 bridgehead atoms. The molecule has 0 spiro atoms. The van der Waals surface area contributed by atoms with Crippen molar-refractivity contribution in [3.63, 3.8) is 0 Å². The number of hydrogen-bond acceptors (Lipinski definition) is 39. The fourth-order valence-electron chi connectivity index (χ4n) is 16.3. The van der Waals surface area contributed by atoms with Crippen LogP contribution in [0.15, 0.2) is 18.2 Å². The van der Waals surface area contributed by atoms with Crippen molar-refractivity contribution in [2.24, 2.45) is 0 Å². The van der Waals surface area contributed by atoms with E-state index in [0.717, 1.165) is 45.6 Å². The van der Waals surface area contributed by atoms with Gasteiger partial charge in [-0.1, -0.05) is 38.5 Å². The molecule has 53 nitrogen and oxygen atoms in total. The number of amides is 14. The highest BCUT2D eigenvalue weighted by molar-refractivity contribution is 7.45. The van der Waals surface area contributed by atoms with Crippen molar-refractivity contribution in [3.05, 3.63) is 29.3 Å². The van der Waals surface area contributed by atoms with E-state index in [0.29, 0.717) is 64.2 Å². The standard InChI is InChI=1S/C94H161N14O39P/c1-56(113)103-75-83(127)79(123)65(52-109)144-91(75)139-43-22-16-31-70(118)95-35-20-14-27-63(107-73(121)33-18-24-45-141-93-77(105-58(3)115)85(129)81(125)67(54-111)146-93)89(133)101-40-38-99-87(131)60-49-61(51-62(50-60)138-48-42-98-72(120)30-13-11-9-7-6-8-10-12-29-69(117)97-37-26-47-143-148(135,136)137-5)88(132)100-39-41-102-90(134)64(108-74(122)34-19-25-46-142-94-78(106-59(4)116)86(130)82(126)68(55-112)147-94)28-15-21-36-96-71(119)32-17-23-44-140-92-76(104-57(2)114)84(128)80(124)66(53-110)145-92/h49-51,63-68,75-86,91-94,109-112,123-130H,6-48,52-55H2,1-5H3,(H,95,118)(H,96,119)(H,97,117)(H,98,120)(H,99,131)(H,100,132)(H,101,133)(H,102,134)(H,103,113)(H,104,114)(H,105,115)(H,106,116)(H,107,121)(H,108,122)(H,135,136)/p-1/t63-,64-,65?,66?,67?,68?,75?,76?,77?,78?,79?,80?,81?,82?,83?,84?,85?,86?,91?,92?,93?,94?/m0/s1. The number of rotatable bonds is 75. The largest absolute Gasteiger partial charge is 0.756 e. The molecule has 1 aromatic rings. The molecule has 0 radical (unpaired) electrons. The van der Waals surface area contributed by atoms with Crippen LogP contribution in [0.3, 0.4) is 0 Å². The van der Waals surface area contributed by atoms with Crippen LogP contribution < -0.4 is 84.1 Å². The summed E-state index contributed by atoms with van der Waals surface area (Å²) in [6, 6.07) is -3.12. The van der Waals surface area contributed by atoms with E-state index in [4.69, 9.17) is 42.6 Å². The van der Waals surface area contributed by atoms with E-state index in [-0.39, 0.29) is 216 Å². The van der Waals surface area contributed by atoms with Crippen molar-refractivity contribution in [3.8, 4) is 5.75 Å². The van der Waals surface area contributed by atoms with Gasteiger partial charge in [0.15, 0.2) is 25.2 Å². The Hall–Kier alpha value is -9.09. The first kappa shape index (κ1) is 129. The second-order valence-electron chi connectivity index (χ2n) is 36.5. The van der Waals surface area contributed by atoms with Gasteiger partial charge in [-0.3, -0.25) is 71.7 Å². The van der Waals surface area contributed by atoms with Crippen LogP contribution in [0.5, 0.6) is 5.75 Å². The summed E-state index contributed by atoms with van der Waals surface area (Å²) in [5.74, 6) is -7.15. The smallest absolute Gasteiger partial charge is 0.267 e. The molecule has 0 aliphatic carbocycles. The number of carbonyl (C=O) groups excluding carboxylic acids is 14. The summed E-state index contributed by atoms with van der Waals surface area (Å²) in [5, 5.41) is 161. The van der Waals surface area contributed by atoms with E-state index in [9.17, 15) is 138 Å². The highest BCUT2D eigenvalue weighted by atomic mass is 31.2. The number of nitrogens with one attached hydrogen (secondary N) is 14. The van der Waals surface area contributed by atoms with Gasteiger partial charge in [-0.15, -0.1) is 0 Å². The number of hydrogen-bond donors (Lipinski definition) is 26. The number of benzene rings is 1. The predicted molar refractivity (Wildman–Crippen MR) is 518 cm³/mol. The van der Waals surface area contributed by atoms with Gasteiger partial charge in [0, 0.05) is 157 Å². The Kier molecular flexibility index (Phi) is 63.3. The highest BCUT2D eigenvalue weighted by Gasteiger charge is 2.50. The number of unbranched alkanes of at least 4 members (excludes halogenated alkanes) is 13. The summed E-state index contributed by atoms with van der Waals surface area (Å²) in [5.41, 5.74) is -0.209. The highest BCUT2D eigenvalue weighted by Crippen LogP contribution is 2.37. The lowest BCUT2D eigenvalue weighted by Gasteiger charge is -2.42. The molecule has 26 N–H and O–H groups in total. The number of aliphatic hydroxyl groups is 12. The SMILES string of the molecule is COP(=O)([O-])OCCCNC(=O)CCCCCCCCCCC(=O)NCCOc1cc(C(=O)NCCNC(=O)[C@H](CCCCNC(=O)CCCCOC2OC(CO)C(O)C(O)C2NC(C)=O)NC(=O)CCCCOC2OC(CO)C(O)C(O)C2NC(C)=O)cc(C(=O)NCCNC(=O)[C@H](CCCCNC(=O)CCCCOC2OC(CO)C(O)C(O)C2NC(C)=O)NC(=O)CCCCOC2OC(CO)C(O)C(O)C2NC(C)=O)c1. The molecular formula is C94H160N14O39P-. The average Bonchev–Trinajstić information content (AvgIpc) is 1.01. The Morgan fingerprint density at radius 3 is 0.899 bits per heavy atom. The third kappa shape index (κ3) is 50.0. The van der Waals surface area contributed by atoms with E-state index < -0.39 is 228 Å². The average molecular weight is 2140 g/mol. The lowest BCUT2D eigenvalue weighted by Crippen LogP contribution is -2.64. The quantitative estimate of drug-likeness (QED) is 0.0213. The molecule has 4 fully saturated rings. The molecule has 5 rings (SSSR count). The fraction of sp³-hybridized carbons (Fsp3) is 0.787. The minimum absolute atomic E-state index is 0.00666. The minimum Gasteiger partial charge on any atom is -0.756 e. The number of aliphatic hydroxyl groups excluding tert-OH is 12. The van der Waals surface area contributed by atoms with E-state index in [2.05, 4.69) is 83.5 Å². The molecule has 0 aromatic heterocycles. The first-order valence-corrected chi connectivity index (χ1v) is 52.3. The van der Waals surface area contributed by atoms with E-state index >= 15 is 0 Å². The Morgan fingerprint density at radius 2 is 0.601 bits per heavy atom. The van der Waals surface area contributed by atoms with Crippen molar-refractivity contribution in [1.29, 1.82) is 0 Å². The Labute approximate surface area is 860 Å². The minimum atomic E-state index is -4.33. The van der Waals surface area contributed by atoms with Crippen molar-refractivity contribution in [1.82, 2.24) is 74.4 Å². The van der Waals surface area contributed by atoms with Gasteiger partial charge < -0.3 is 192 Å². The normalized spacial score (nSPS) is 24.5. The molecule has 54 heteroatoms. The van der Waals surface area contributed by atoms with Gasteiger partial charge in [0.2, 0.25) is 70.9 Å². The molecule has 23 atom stereocenters. The van der Waals surface area contributed by atoms with E-state index in [1.165, 1.54) is 45.9 Å². The zero-order valence-electron chi connectivity index (χ0n) is 85.0. The maximum absolute atomic E-state index is 14.2. The van der Waals surface area contributed by atoms with Crippen LogP contribution in [0.1, 0.15) is 235 Å². The molecule has 0 saturated carbocycles. The summed E-state index contributed by atoms with van der Waals surface area (Å²) >= 11 is 0. The molecule has 148 heavy (non-hydrogen) atoms. The van der Waals surface area contributed by atoms with Crippen LogP contribution >= 0.6 is 7.82 Å². The number of carbonyl (C=O) groups is 14. The van der Waals surface area contributed by atoms with Crippen molar-refractivity contribution in [2.45, 2.75) is 349 Å². The molecular weight excluding hydrogens is 1980 g/mol. The van der Waals surface area contributed by atoms with Crippen LogP contribution in [-0.4, -0.2) is 404 Å². The summed E-state index contributed by atoms with van der Waals surface area (Å²) in [7, 11) is -3.34. The summed E-state index contributed by atoms with van der Waals surface area (Å²) < 4.78 is 71.7. The topological polar surface area (TPSA) is 792 Å². The van der Waals surface area contributed by atoms with Crippen LogP contribution in [0, 0.1) is 0 Å². The van der Waals surface area contributed by atoms with Gasteiger partial charge in [0.1, 0.15) is 122 Å². The molecule has 21 unspecified atom stereocenters. The van der Waals surface area contributed by atoms with Crippen LogP contribution in [-0.2, 0) is 109 Å². The van der Waals surface area contributed by atoms with Gasteiger partial charge >= 0.3 is 0 Å². The Balaban J connectivity index is 1.23. The molecule has 4 heterocycles. The number of ether oxygens (including phenoxy) is 9. The molecule has 14 amide bonds. The first-order valence-electron chi connectivity index (χ1n) is 50.9. The second-order valence-corrected chi connectivity index (χ2v) is 38.0. The number of phosphoric ester groups is 1. The van der Waals surface area contributed by atoms with Crippen molar-refractivity contribution >= 4 is 90.5 Å². The van der Waals surface area contributed by atoms with Gasteiger partial charge in [0.25, 0.3) is 19.6 Å². The third-order valence-electron chi connectivity index (χ3n) is 24.3. The predicted octanol–water partition coefficient (Wildman–Crippen LogP) is -6.52. The van der Waals surface area contributed by atoms with Gasteiger partial charge in [-0.25, -0.2) is 0 Å². The van der Waals surface area contributed by atoms with E-state index in [1.54, 1.807) is 0 Å². The van der Waals surface area contributed by atoms with E-state index in [1.807, 2.05) is 0 Å². The molecule has 4 aliphatic heterocycles. The Bertz CT molecular complexity index is 4010. The van der Waals surface area contributed by atoms with Gasteiger partial charge in [0.05, 0.1) is 39.6 Å². The zero-order valence-corrected chi connectivity index (χ0v) is 85.9. The lowest BCUT2D eigenvalue weighted by molar-refractivity contribution is -0.270. The summed E-state index contributed by atoms with van der Waals surface area (Å²) in [4.78, 5) is 194. The maximum atomic E-state index is 14.2. The molecule has 4 aliphatic rings. The van der Waals surface area contributed by atoms with Crippen LogP contribution in [0.25, 0.3) is 0 Å². The third-order valence-corrected chi connectivity index (χ3v) is 25.3. The molecule has 4 saturated heterocycles. The van der Waals surface area contributed by atoms with Crippen LogP contribution in [0.2, 0.25) is 0 Å². The Morgan fingerprint density at radius 1 is 0.324 bits per heavy atom. The summed E-state index contributed by atoms with van der Waals surface area (Å²) in [6.07, 6.45) is -11.4. The second kappa shape index (κ2) is 72.4. The van der Waals surface area contributed by atoms with Gasteiger partial charge in [-0.2, -0.15) is 0 Å². The first-order chi connectivity index (χ1) is 70.7. The van der Waals surface area contributed by atoms with Crippen LogP contribution in [0.4, 0.5) is 0 Å². The summed E-state index contributed by atoms with van der Waals surface area (Å²) in [6.45, 7) is 1.48. The van der Waals surface area contributed by atoms with Crippen molar-refractivity contribution < 1.29 is 190 Å². The molecule has 1 aromatic carbocycles. The lowest BCUT2D eigenvalue weighted by atomic mass is 9.97. The monoisotopic (exact) mass is 2140 g/mol.